The number of rotatable bonds is 1. The van der Waals surface area contributed by atoms with Gasteiger partial charge in [-0.15, -0.1) is 0 Å². The number of benzene rings is 1. The van der Waals surface area contributed by atoms with E-state index in [1.165, 1.54) is 6.92 Å². The molecule has 0 saturated carbocycles. The number of nitrogens with zero attached hydrogens (tertiary/aromatic N) is 6. The number of fused-ring (bicyclic) bond motifs is 4. The van der Waals surface area contributed by atoms with Gasteiger partial charge < -0.3 is 42.6 Å². The number of hydrogen-bond donors (Lipinski definition) is 1. The molecule has 1 aromatic carbocycles. The van der Waals surface area contributed by atoms with Gasteiger partial charge in [0.05, 0.1) is 22.7 Å². The molecule has 187 valence electrons. The number of carboxylic acid groups (broad SMARTS) is 1. The largest absolute Gasteiger partial charge is 2.00 e. The number of aryl methyl sites for hydroxylation is 1. The van der Waals surface area contributed by atoms with Gasteiger partial charge in [0.25, 0.3) is 0 Å². The van der Waals surface area contributed by atoms with Crippen molar-refractivity contribution >= 4 is 44.9 Å². The molecule has 0 amide bonds. The number of nitrogens with two attached hydrogens (primary N) is 1. The average Bonchev–Trinajstić information content (AvgIpc) is 2.73. The Hall–Kier alpha value is -4.12. The Kier molecular flexibility index (Phi) is 12.8. The van der Waals surface area contributed by atoms with E-state index in [0.717, 1.165) is 21.8 Å². The van der Waals surface area contributed by atoms with Gasteiger partial charge in [-0.3, -0.25) is 9.97 Å². The predicted molar refractivity (Wildman–Crippen MR) is 121 cm³/mol. The molecular weight excluding hydrogens is 509 g/mol. The summed E-state index contributed by atoms with van der Waals surface area (Å²) < 4.78 is 0. The fourth-order valence-electron chi connectivity index (χ4n) is 2.89. The minimum absolute atomic E-state index is 0. The summed E-state index contributed by atoms with van der Waals surface area (Å²) in [7, 11) is 0. The summed E-state index contributed by atoms with van der Waals surface area (Å²) in [6.07, 6.45) is 3.60. The Morgan fingerprint density at radius 1 is 0.829 bits per heavy atom. The first-order valence-corrected chi connectivity index (χ1v) is 8.72. The minimum Gasteiger partial charge on any atom is -0.857 e. The minimum atomic E-state index is -1.51. The SMILES string of the molecule is Cc1nc2nc(N)nc([O-])c2nc1C(=O)[O-].O.O.O.[Co+2].[OH3+].c1cnc2c(c1)ccc1cccnc12. The molecule has 5 rings (SSSR count). The van der Waals surface area contributed by atoms with Crippen LogP contribution in [0.2, 0.25) is 0 Å². The van der Waals surface area contributed by atoms with Gasteiger partial charge in [-0.25, -0.2) is 15.0 Å². The number of carbonyl (C=O) groups excluding carboxylic acids is 1. The van der Waals surface area contributed by atoms with Gasteiger partial charge in [0, 0.05) is 29.0 Å². The molecule has 0 bridgehead atoms. The number of carbonyl (C=O) groups is 1. The third-order valence-corrected chi connectivity index (χ3v) is 4.23. The number of carboxylic acids is 1. The van der Waals surface area contributed by atoms with Crippen molar-refractivity contribution in [2.75, 3.05) is 5.73 Å². The van der Waals surface area contributed by atoms with E-state index in [1.54, 1.807) is 12.4 Å². The van der Waals surface area contributed by atoms with Crippen molar-refractivity contribution in [1.29, 1.82) is 0 Å². The van der Waals surface area contributed by atoms with E-state index in [-0.39, 0.29) is 61.5 Å². The fourth-order valence-corrected chi connectivity index (χ4v) is 2.89. The Morgan fingerprint density at radius 3 is 1.83 bits per heavy atom. The molecule has 11 N–H and O–H groups in total. The topological polar surface area (TPSA) is 294 Å². The van der Waals surface area contributed by atoms with Crippen molar-refractivity contribution < 1.29 is 53.7 Å². The van der Waals surface area contributed by atoms with Crippen LogP contribution in [0.4, 0.5) is 5.95 Å². The molecule has 4 aromatic heterocycles. The summed E-state index contributed by atoms with van der Waals surface area (Å²) in [4.78, 5) is 33.8. The van der Waals surface area contributed by atoms with Gasteiger partial charge in [-0.1, -0.05) is 24.3 Å². The maximum Gasteiger partial charge on any atom is 2.00 e. The number of aromatic carboxylic acids is 1. The van der Waals surface area contributed by atoms with Crippen molar-refractivity contribution in [2.24, 2.45) is 0 Å². The maximum absolute atomic E-state index is 11.3. The van der Waals surface area contributed by atoms with E-state index in [9.17, 15) is 15.0 Å². The van der Waals surface area contributed by atoms with Crippen LogP contribution in [0.15, 0.2) is 48.8 Å². The molecule has 35 heavy (non-hydrogen) atoms. The summed E-state index contributed by atoms with van der Waals surface area (Å²) >= 11 is 0. The van der Waals surface area contributed by atoms with Crippen LogP contribution in [0, 0.1) is 6.92 Å². The fraction of sp³-hybridized carbons (Fsp3) is 0.0500. The molecule has 15 heteroatoms. The summed E-state index contributed by atoms with van der Waals surface area (Å²) in [5, 5.41) is 24.3. The molecule has 0 saturated heterocycles. The molecule has 5 aromatic rings. The standard InChI is InChI=1S/C12H8N2.C8H7N5O3.Co.4H2O/c1-3-9-5-6-10-4-2-8-14-12(10)11(9)13-7-1;1-2-3(7(15)16)11-4-5(10-2)12-8(9)13-6(4)14;;;;;/h1-8H;1H3,(H,15,16)(H3,9,10,12,13,14);;4*1H2/q;;+2;;;;/p-1. The zero-order chi connectivity index (χ0) is 21.3. The number of pyridine rings is 2. The van der Waals surface area contributed by atoms with Crippen molar-refractivity contribution in [2.45, 2.75) is 6.92 Å². The second kappa shape index (κ2) is 13.6. The van der Waals surface area contributed by atoms with Crippen molar-refractivity contribution in [3.8, 4) is 5.88 Å². The van der Waals surface area contributed by atoms with Crippen molar-refractivity contribution in [1.82, 2.24) is 29.9 Å². The van der Waals surface area contributed by atoms with Crippen LogP contribution >= 0.6 is 0 Å². The first-order valence-electron chi connectivity index (χ1n) is 8.72. The van der Waals surface area contributed by atoms with Crippen LogP contribution in [0.3, 0.4) is 0 Å². The third-order valence-electron chi connectivity index (χ3n) is 4.23. The van der Waals surface area contributed by atoms with Crippen LogP contribution in [0.1, 0.15) is 16.2 Å². The number of hydrogen-bond acceptors (Lipinski definition) is 10. The van der Waals surface area contributed by atoms with Gasteiger partial charge >= 0.3 is 16.8 Å². The monoisotopic (exact) mass is 531 g/mol. The van der Waals surface area contributed by atoms with Gasteiger partial charge in [0.2, 0.25) is 5.95 Å². The Labute approximate surface area is 207 Å². The maximum atomic E-state index is 11.3. The van der Waals surface area contributed by atoms with Gasteiger partial charge in [-0.2, -0.15) is 4.98 Å². The van der Waals surface area contributed by atoms with Gasteiger partial charge in [0.1, 0.15) is 11.2 Å². The molecular formula is C20H22CoN7O7+. The zero-order valence-corrected chi connectivity index (χ0v) is 19.1. The van der Waals surface area contributed by atoms with Gasteiger partial charge in [0.15, 0.2) is 5.65 Å². The van der Waals surface area contributed by atoms with E-state index in [1.807, 2.05) is 12.1 Å². The van der Waals surface area contributed by atoms with Crippen LogP contribution in [-0.4, -0.2) is 52.3 Å². The molecule has 0 spiro atoms. The molecule has 14 nitrogen and oxygen atoms in total. The number of anilines is 1. The third kappa shape index (κ3) is 6.70. The number of aromatic nitrogens is 6. The van der Waals surface area contributed by atoms with E-state index in [4.69, 9.17) is 5.73 Å². The molecule has 0 aliphatic carbocycles. The first kappa shape index (κ1) is 33.1. The summed E-state index contributed by atoms with van der Waals surface area (Å²) in [6.45, 7) is 1.42. The summed E-state index contributed by atoms with van der Waals surface area (Å²) in [5.74, 6) is -2.51. The predicted octanol–water partition coefficient (Wildman–Crippen LogP) is -2.87. The van der Waals surface area contributed by atoms with Crippen LogP contribution in [0.5, 0.6) is 5.88 Å². The molecule has 0 fully saturated rings. The normalized spacial score (nSPS) is 9.17. The molecule has 4 heterocycles. The Bertz CT molecular complexity index is 1390. The quantitative estimate of drug-likeness (QED) is 0.170. The van der Waals surface area contributed by atoms with Crippen molar-refractivity contribution in [3.63, 3.8) is 0 Å². The summed E-state index contributed by atoms with van der Waals surface area (Å²) in [6, 6.07) is 12.1. The van der Waals surface area contributed by atoms with E-state index in [2.05, 4.69) is 54.2 Å². The first-order chi connectivity index (χ1) is 14.4. The molecule has 0 aliphatic heterocycles. The smallest absolute Gasteiger partial charge is 0.857 e. The van der Waals surface area contributed by atoms with Crippen LogP contribution < -0.4 is 15.9 Å². The molecule has 1 radical (unpaired) electrons. The molecule has 0 aliphatic rings. The second-order valence-electron chi connectivity index (χ2n) is 6.22. The molecule has 0 atom stereocenters. The van der Waals surface area contributed by atoms with Crippen LogP contribution in [-0.2, 0) is 22.3 Å². The van der Waals surface area contributed by atoms with E-state index in [0.29, 0.717) is 0 Å². The number of nitrogen functional groups attached to an aromatic ring is 1. The molecule has 0 unspecified atom stereocenters. The Morgan fingerprint density at radius 2 is 1.34 bits per heavy atom. The zero-order valence-electron chi connectivity index (χ0n) is 18.0. The van der Waals surface area contributed by atoms with E-state index >= 15 is 0 Å². The average molecular weight is 531 g/mol. The van der Waals surface area contributed by atoms with E-state index < -0.39 is 17.5 Å². The van der Waals surface area contributed by atoms with Gasteiger partial charge in [-0.05, 0) is 19.1 Å². The van der Waals surface area contributed by atoms with Crippen LogP contribution in [0.25, 0.3) is 33.0 Å². The summed E-state index contributed by atoms with van der Waals surface area (Å²) in [5.41, 5.74) is 6.64. The van der Waals surface area contributed by atoms with Crippen molar-refractivity contribution in [3.05, 3.63) is 60.2 Å². The second-order valence-corrected chi connectivity index (χ2v) is 6.22. The Balaban J connectivity index is 0.